The highest BCUT2D eigenvalue weighted by atomic mass is 32.2. The van der Waals surface area contributed by atoms with Crippen LogP contribution in [-0.4, -0.2) is 13.0 Å². The van der Waals surface area contributed by atoms with Crippen molar-refractivity contribution in [2.24, 2.45) is 0 Å². The lowest BCUT2D eigenvalue weighted by Gasteiger charge is -2.13. The van der Waals surface area contributed by atoms with E-state index in [4.69, 9.17) is 0 Å². The van der Waals surface area contributed by atoms with Crippen LogP contribution in [0, 0.1) is 0 Å². The van der Waals surface area contributed by atoms with E-state index in [2.05, 4.69) is 19.9 Å². The van der Waals surface area contributed by atoms with Gasteiger partial charge in [0.25, 0.3) is 10.1 Å². The second kappa shape index (κ2) is 7.25. The second-order valence-electron chi connectivity index (χ2n) is 5.74. The average molecular weight is 320 g/mol. The molecule has 0 fully saturated rings. The summed E-state index contributed by atoms with van der Waals surface area (Å²) in [4.78, 5) is 0.0566. The first-order chi connectivity index (χ1) is 10.5. The SMILES string of the molecule is CCCCc1cccc2c(CCCC)c(S(=O)(=O)O)ccc12. The molecule has 0 atom stereocenters. The van der Waals surface area contributed by atoms with Crippen LogP contribution in [0.15, 0.2) is 35.2 Å². The Kier molecular flexibility index (Phi) is 5.59. The number of hydrogen-bond acceptors (Lipinski definition) is 2. The molecule has 2 aromatic carbocycles. The zero-order chi connectivity index (χ0) is 16.2. The summed E-state index contributed by atoms with van der Waals surface area (Å²) < 4.78 is 32.9. The predicted molar refractivity (Wildman–Crippen MR) is 91.0 cm³/mol. The number of unbranched alkanes of at least 4 members (excludes halogenated alkanes) is 2. The largest absolute Gasteiger partial charge is 0.294 e. The fourth-order valence-corrected chi connectivity index (χ4v) is 3.67. The molecule has 0 spiro atoms. The van der Waals surface area contributed by atoms with Crippen LogP contribution < -0.4 is 0 Å². The van der Waals surface area contributed by atoms with E-state index in [9.17, 15) is 13.0 Å². The number of aryl methyl sites for hydroxylation is 2. The molecule has 0 amide bonds. The Morgan fingerprint density at radius 3 is 2.23 bits per heavy atom. The maximum Gasteiger partial charge on any atom is 0.294 e. The second-order valence-corrected chi connectivity index (χ2v) is 7.13. The van der Waals surface area contributed by atoms with Crippen molar-refractivity contribution < 1.29 is 13.0 Å². The standard InChI is InChI=1S/C18H24O3S/c1-3-5-8-14-9-7-11-16-15(14)12-13-18(22(19,20)21)17(16)10-6-4-2/h7,9,11-13H,3-6,8,10H2,1-2H3,(H,19,20,21). The lowest BCUT2D eigenvalue weighted by Crippen LogP contribution is -2.05. The van der Waals surface area contributed by atoms with Crippen LogP contribution >= 0.6 is 0 Å². The molecule has 4 heteroatoms. The Labute approximate surface area is 133 Å². The van der Waals surface area contributed by atoms with Gasteiger partial charge in [-0.15, -0.1) is 0 Å². The summed E-state index contributed by atoms with van der Waals surface area (Å²) in [6, 6.07) is 9.44. The topological polar surface area (TPSA) is 54.4 Å². The fraction of sp³-hybridized carbons (Fsp3) is 0.444. The zero-order valence-corrected chi connectivity index (χ0v) is 14.1. The molecule has 2 rings (SSSR count). The van der Waals surface area contributed by atoms with Crippen molar-refractivity contribution in [3.63, 3.8) is 0 Å². The molecule has 0 saturated heterocycles. The van der Waals surface area contributed by atoms with Crippen molar-refractivity contribution in [2.45, 2.75) is 57.3 Å². The number of hydrogen-bond donors (Lipinski definition) is 1. The third-order valence-corrected chi connectivity index (χ3v) is 5.02. The van der Waals surface area contributed by atoms with Crippen molar-refractivity contribution in [3.05, 3.63) is 41.5 Å². The van der Waals surface area contributed by atoms with Crippen LogP contribution in [0.1, 0.15) is 50.7 Å². The van der Waals surface area contributed by atoms with Crippen LogP contribution in [-0.2, 0) is 23.0 Å². The first kappa shape index (κ1) is 17.0. The van der Waals surface area contributed by atoms with E-state index >= 15 is 0 Å². The van der Waals surface area contributed by atoms with Crippen LogP contribution in [0.25, 0.3) is 10.8 Å². The van der Waals surface area contributed by atoms with Gasteiger partial charge in [0.15, 0.2) is 0 Å². The van der Waals surface area contributed by atoms with E-state index in [1.165, 1.54) is 5.56 Å². The predicted octanol–water partition coefficient (Wildman–Crippen LogP) is 4.77. The molecular weight excluding hydrogens is 296 g/mol. The highest BCUT2D eigenvalue weighted by Gasteiger charge is 2.18. The fourth-order valence-electron chi connectivity index (χ4n) is 2.90. The maximum atomic E-state index is 11.7. The third kappa shape index (κ3) is 3.68. The molecule has 2 aromatic rings. The van der Waals surface area contributed by atoms with Gasteiger partial charge in [0, 0.05) is 0 Å². The van der Waals surface area contributed by atoms with Crippen LogP contribution in [0.3, 0.4) is 0 Å². The Bertz CT molecular complexity index is 748. The summed E-state index contributed by atoms with van der Waals surface area (Å²) in [7, 11) is -4.19. The molecule has 0 aromatic heterocycles. The van der Waals surface area contributed by atoms with Gasteiger partial charge in [0.1, 0.15) is 0 Å². The normalized spacial score (nSPS) is 12.0. The van der Waals surface area contributed by atoms with Gasteiger partial charge in [0.2, 0.25) is 0 Å². The Morgan fingerprint density at radius 2 is 1.59 bits per heavy atom. The number of rotatable bonds is 7. The van der Waals surface area contributed by atoms with Crippen LogP contribution in [0.2, 0.25) is 0 Å². The molecule has 1 N–H and O–H groups in total. The summed E-state index contributed by atoms with van der Waals surface area (Å²) in [5, 5.41) is 2.06. The van der Waals surface area contributed by atoms with Gasteiger partial charge < -0.3 is 0 Å². The van der Waals surface area contributed by atoms with E-state index in [0.29, 0.717) is 6.42 Å². The third-order valence-electron chi connectivity index (χ3n) is 4.08. The van der Waals surface area contributed by atoms with Crippen molar-refractivity contribution in [1.82, 2.24) is 0 Å². The molecule has 0 aliphatic carbocycles. The summed E-state index contributed by atoms with van der Waals surface area (Å²) in [5.41, 5.74) is 2.00. The Balaban J connectivity index is 2.65. The maximum absolute atomic E-state index is 11.7. The molecule has 120 valence electrons. The highest BCUT2D eigenvalue weighted by molar-refractivity contribution is 7.85. The first-order valence-corrected chi connectivity index (χ1v) is 9.44. The van der Waals surface area contributed by atoms with Crippen LogP contribution in [0.4, 0.5) is 0 Å². The monoisotopic (exact) mass is 320 g/mol. The lowest BCUT2D eigenvalue weighted by atomic mass is 9.95. The molecule has 22 heavy (non-hydrogen) atoms. The first-order valence-electron chi connectivity index (χ1n) is 8.00. The average Bonchev–Trinajstić information content (AvgIpc) is 2.49. The molecule has 0 heterocycles. The molecule has 0 bridgehead atoms. The number of benzene rings is 2. The number of fused-ring (bicyclic) bond motifs is 1. The molecule has 0 saturated carbocycles. The van der Waals surface area contributed by atoms with E-state index in [1.54, 1.807) is 6.07 Å². The van der Waals surface area contributed by atoms with Gasteiger partial charge in [0.05, 0.1) is 4.90 Å². The molecule has 0 aliphatic rings. The molecular formula is C18H24O3S. The molecule has 0 aliphatic heterocycles. The van der Waals surface area contributed by atoms with E-state index < -0.39 is 10.1 Å². The van der Waals surface area contributed by atoms with Crippen molar-refractivity contribution in [2.75, 3.05) is 0 Å². The van der Waals surface area contributed by atoms with Crippen molar-refractivity contribution >= 4 is 20.9 Å². The summed E-state index contributed by atoms with van der Waals surface area (Å²) in [6.07, 6.45) is 5.79. The smallest absolute Gasteiger partial charge is 0.282 e. The highest BCUT2D eigenvalue weighted by Crippen LogP contribution is 2.30. The molecule has 0 unspecified atom stereocenters. The van der Waals surface area contributed by atoms with E-state index in [-0.39, 0.29) is 4.90 Å². The minimum atomic E-state index is -4.19. The molecule has 3 nitrogen and oxygen atoms in total. The quantitative estimate of drug-likeness (QED) is 0.747. The Morgan fingerprint density at radius 1 is 0.909 bits per heavy atom. The van der Waals surface area contributed by atoms with Gasteiger partial charge in [-0.3, -0.25) is 4.55 Å². The van der Waals surface area contributed by atoms with Gasteiger partial charge in [-0.25, -0.2) is 0 Å². The zero-order valence-electron chi connectivity index (χ0n) is 13.3. The van der Waals surface area contributed by atoms with E-state index in [0.717, 1.165) is 48.4 Å². The lowest BCUT2D eigenvalue weighted by molar-refractivity contribution is 0.482. The van der Waals surface area contributed by atoms with E-state index in [1.807, 2.05) is 18.2 Å². The van der Waals surface area contributed by atoms with Gasteiger partial charge in [-0.1, -0.05) is 51.0 Å². The van der Waals surface area contributed by atoms with Gasteiger partial charge in [-0.05, 0) is 53.6 Å². The summed E-state index contributed by atoms with van der Waals surface area (Å²) in [5.74, 6) is 0. The van der Waals surface area contributed by atoms with Gasteiger partial charge in [-0.2, -0.15) is 8.42 Å². The van der Waals surface area contributed by atoms with Crippen molar-refractivity contribution in [1.29, 1.82) is 0 Å². The molecule has 0 radical (unpaired) electrons. The Hall–Kier alpha value is -1.39. The summed E-state index contributed by atoms with van der Waals surface area (Å²) >= 11 is 0. The summed E-state index contributed by atoms with van der Waals surface area (Å²) in [6.45, 7) is 4.24. The minimum Gasteiger partial charge on any atom is -0.282 e. The minimum absolute atomic E-state index is 0.0566. The van der Waals surface area contributed by atoms with Gasteiger partial charge >= 0.3 is 0 Å². The van der Waals surface area contributed by atoms with Crippen LogP contribution in [0.5, 0.6) is 0 Å². The van der Waals surface area contributed by atoms with Crippen molar-refractivity contribution in [3.8, 4) is 0 Å².